The molecule has 0 spiro atoms. The van der Waals surface area contributed by atoms with Gasteiger partial charge in [0.2, 0.25) is 17.8 Å². The van der Waals surface area contributed by atoms with Crippen LogP contribution in [-0.2, 0) is 9.47 Å². The van der Waals surface area contributed by atoms with E-state index in [0.29, 0.717) is 50.5 Å². The van der Waals surface area contributed by atoms with Gasteiger partial charge in [0.15, 0.2) is 0 Å². The third-order valence-electron chi connectivity index (χ3n) is 6.77. The molecule has 35 heavy (non-hydrogen) atoms. The topological polar surface area (TPSA) is 141 Å². The van der Waals surface area contributed by atoms with Crippen LogP contribution in [-0.4, -0.2) is 95.1 Å². The predicted octanol–water partition coefficient (Wildman–Crippen LogP) is 1.08. The van der Waals surface area contributed by atoms with Gasteiger partial charge in [-0.25, -0.2) is 19.7 Å². The maximum Gasteiger partial charge on any atom is 0.317 e. The van der Waals surface area contributed by atoms with E-state index in [1.807, 2.05) is 7.05 Å². The number of nitrogens with two attached hydrogens (primary N) is 1. The number of nitrogens with one attached hydrogen (secondary N) is 1. The van der Waals surface area contributed by atoms with Gasteiger partial charge in [-0.05, 0) is 13.3 Å². The van der Waals surface area contributed by atoms with Gasteiger partial charge in [0, 0.05) is 63.1 Å². The summed E-state index contributed by atoms with van der Waals surface area (Å²) in [5.74, 6) is 1.27. The number of nitrogens with zero attached hydrogens (tertiary/aromatic N) is 6. The molecule has 3 N–H and O–H groups in total. The molecule has 1 aliphatic carbocycles. The van der Waals surface area contributed by atoms with Crippen molar-refractivity contribution in [1.82, 2.24) is 30.2 Å². The molecule has 5 rings (SSSR count). The van der Waals surface area contributed by atoms with Crippen molar-refractivity contribution < 1.29 is 19.0 Å². The molecule has 3 fully saturated rings. The molecule has 2 aromatic heterocycles. The van der Waals surface area contributed by atoms with Gasteiger partial charge in [0.1, 0.15) is 6.10 Å². The molecule has 2 aliphatic heterocycles. The number of amides is 2. The number of hydrogen-bond acceptors (Lipinski definition) is 10. The summed E-state index contributed by atoms with van der Waals surface area (Å²) in [5.41, 5.74) is 7.05. The fraction of sp³-hybridized carbons (Fsp3) is 0.609. The number of ether oxygens (including phenoxy) is 3. The van der Waals surface area contributed by atoms with Crippen LogP contribution in [0, 0.1) is 0 Å². The Bertz CT molecular complexity index is 1030. The predicted molar refractivity (Wildman–Crippen MR) is 128 cm³/mol. The van der Waals surface area contributed by atoms with Crippen molar-refractivity contribution in [1.29, 1.82) is 0 Å². The van der Waals surface area contributed by atoms with Crippen molar-refractivity contribution in [3.63, 3.8) is 0 Å². The van der Waals surface area contributed by atoms with Crippen LogP contribution in [0.25, 0.3) is 11.3 Å². The minimum atomic E-state index is -0.0692. The van der Waals surface area contributed by atoms with Crippen molar-refractivity contribution >= 4 is 17.9 Å². The van der Waals surface area contributed by atoms with E-state index < -0.39 is 0 Å². The number of aromatic nitrogens is 4. The SMILES string of the molecule is C[C@H]1COCCN1c1nc(OC2CC(N(C)C(=O)N[C@@H]3CCOC3)C2)cc(-c2cnc(N)nc2)n1. The average Bonchev–Trinajstić information content (AvgIpc) is 3.34. The quantitative estimate of drug-likeness (QED) is 0.612. The van der Waals surface area contributed by atoms with Crippen LogP contribution in [0.4, 0.5) is 16.7 Å². The summed E-state index contributed by atoms with van der Waals surface area (Å²) in [6.45, 7) is 5.28. The van der Waals surface area contributed by atoms with E-state index in [1.165, 1.54) is 0 Å². The Labute approximate surface area is 204 Å². The van der Waals surface area contributed by atoms with Crippen molar-refractivity contribution in [3.8, 4) is 17.1 Å². The van der Waals surface area contributed by atoms with Gasteiger partial charge in [0.05, 0.1) is 37.6 Å². The Balaban J connectivity index is 1.27. The van der Waals surface area contributed by atoms with Gasteiger partial charge >= 0.3 is 6.03 Å². The summed E-state index contributed by atoms with van der Waals surface area (Å²) in [5, 5.41) is 3.03. The van der Waals surface area contributed by atoms with Gasteiger partial charge in [-0.3, -0.25) is 0 Å². The molecule has 12 heteroatoms. The number of urea groups is 1. The van der Waals surface area contributed by atoms with Crippen LogP contribution in [0.5, 0.6) is 5.88 Å². The Hall–Kier alpha value is -3.25. The summed E-state index contributed by atoms with van der Waals surface area (Å²) in [7, 11) is 1.83. The second-order valence-corrected chi connectivity index (χ2v) is 9.32. The molecule has 0 unspecified atom stereocenters. The molecule has 1 saturated carbocycles. The highest BCUT2D eigenvalue weighted by atomic mass is 16.5. The highest BCUT2D eigenvalue weighted by Crippen LogP contribution is 2.31. The van der Waals surface area contributed by atoms with Crippen molar-refractivity contribution in [3.05, 3.63) is 18.5 Å². The Kier molecular flexibility index (Phi) is 6.82. The molecule has 2 amide bonds. The number of carbonyl (C=O) groups excluding carboxylic acids is 1. The third kappa shape index (κ3) is 5.38. The fourth-order valence-electron chi connectivity index (χ4n) is 4.46. The third-order valence-corrected chi connectivity index (χ3v) is 6.77. The molecule has 0 bridgehead atoms. The van der Waals surface area contributed by atoms with E-state index in [1.54, 1.807) is 23.4 Å². The van der Waals surface area contributed by atoms with Crippen LogP contribution in [0.3, 0.4) is 0 Å². The Morgan fingerprint density at radius 3 is 2.69 bits per heavy atom. The maximum atomic E-state index is 12.5. The smallest absolute Gasteiger partial charge is 0.317 e. The summed E-state index contributed by atoms with van der Waals surface area (Å²) < 4.78 is 17.2. The minimum Gasteiger partial charge on any atom is -0.474 e. The Morgan fingerprint density at radius 2 is 1.97 bits per heavy atom. The first kappa shape index (κ1) is 23.5. The van der Waals surface area contributed by atoms with Crippen LogP contribution < -0.4 is 20.7 Å². The monoisotopic (exact) mass is 484 g/mol. The number of carbonyl (C=O) groups is 1. The van der Waals surface area contributed by atoms with Gasteiger partial charge < -0.3 is 35.1 Å². The van der Waals surface area contributed by atoms with E-state index in [9.17, 15) is 4.79 Å². The molecular formula is C23H32N8O4. The van der Waals surface area contributed by atoms with Crippen molar-refractivity contribution in [2.45, 2.75) is 50.4 Å². The van der Waals surface area contributed by atoms with Gasteiger partial charge in [-0.2, -0.15) is 4.98 Å². The largest absolute Gasteiger partial charge is 0.474 e. The molecular weight excluding hydrogens is 452 g/mol. The normalized spacial score (nSPS) is 26.2. The standard InChI is InChI=1S/C23H32N8O4/c1-14-12-34-6-4-31(14)22-28-19(15-10-25-21(24)26-11-15)9-20(29-22)35-18-7-17(8-18)30(2)23(32)27-16-3-5-33-13-16/h9-11,14,16-18H,3-8,12-13H2,1-2H3,(H,27,32)(H2,24,25,26)/t14-,16+,17?,18?/m0/s1. The Morgan fingerprint density at radius 1 is 1.20 bits per heavy atom. The molecule has 0 radical (unpaired) electrons. The highest BCUT2D eigenvalue weighted by Gasteiger charge is 2.37. The fourth-order valence-corrected chi connectivity index (χ4v) is 4.46. The molecule has 2 aromatic rings. The molecule has 0 aromatic carbocycles. The van der Waals surface area contributed by atoms with Crippen molar-refractivity contribution in [2.75, 3.05) is 50.7 Å². The number of nitrogen functional groups attached to an aromatic ring is 1. The van der Waals surface area contributed by atoms with Crippen LogP contribution in [0.15, 0.2) is 18.5 Å². The second-order valence-electron chi connectivity index (χ2n) is 9.32. The average molecular weight is 485 g/mol. The molecule has 188 valence electrons. The summed E-state index contributed by atoms with van der Waals surface area (Å²) >= 11 is 0. The lowest BCUT2D eigenvalue weighted by Crippen LogP contribution is -2.54. The van der Waals surface area contributed by atoms with Gasteiger partial charge in [-0.15, -0.1) is 0 Å². The molecule has 12 nitrogen and oxygen atoms in total. The van der Waals surface area contributed by atoms with E-state index in [4.69, 9.17) is 29.9 Å². The summed E-state index contributed by atoms with van der Waals surface area (Å²) in [4.78, 5) is 34.1. The number of hydrogen-bond donors (Lipinski definition) is 2. The van der Waals surface area contributed by atoms with Crippen molar-refractivity contribution in [2.24, 2.45) is 0 Å². The zero-order valence-corrected chi connectivity index (χ0v) is 20.1. The van der Waals surface area contributed by atoms with E-state index >= 15 is 0 Å². The van der Waals surface area contributed by atoms with Gasteiger partial charge in [-0.1, -0.05) is 0 Å². The highest BCUT2D eigenvalue weighted by molar-refractivity contribution is 5.74. The summed E-state index contributed by atoms with van der Waals surface area (Å²) in [6.07, 6.45) is 5.57. The van der Waals surface area contributed by atoms with Crippen LogP contribution in [0.1, 0.15) is 26.2 Å². The van der Waals surface area contributed by atoms with Gasteiger partial charge in [0.25, 0.3) is 0 Å². The number of rotatable bonds is 6. The lowest BCUT2D eigenvalue weighted by Gasteiger charge is -2.41. The lowest BCUT2D eigenvalue weighted by molar-refractivity contribution is 0.0398. The lowest BCUT2D eigenvalue weighted by atomic mass is 9.88. The maximum absolute atomic E-state index is 12.5. The first-order valence-electron chi connectivity index (χ1n) is 12.1. The molecule has 3 aliphatic rings. The zero-order chi connectivity index (χ0) is 24.4. The molecule has 4 heterocycles. The van der Waals surface area contributed by atoms with Crippen LogP contribution >= 0.6 is 0 Å². The second kappa shape index (κ2) is 10.2. The number of anilines is 2. The zero-order valence-electron chi connectivity index (χ0n) is 20.1. The number of morpholine rings is 1. The summed E-state index contributed by atoms with van der Waals surface area (Å²) in [6, 6.07) is 2.08. The van der Waals surface area contributed by atoms with E-state index in [0.717, 1.165) is 24.8 Å². The van der Waals surface area contributed by atoms with E-state index in [-0.39, 0.29) is 36.2 Å². The van der Waals surface area contributed by atoms with E-state index in [2.05, 4.69) is 27.1 Å². The minimum absolute atomic E-state index is 0.0366. The molecule has 2 saturated heterocycles. The van der Waals surface area contributed by atoms with Crippen LogP contribution in [0.2, 0.25) is 0 Å². The molecule has 2 atom stereocenters. The first-order chi connectivity index (χ1) is 17.0. The first-order valence-corrected chi connectivity index (χ1v) is 12.1.